The van der Waals surface area contributed by atoms with Crippen molar-refractivity contribution in [2.75, 3.05) is 48.0 Å². The summed E-state index contributed by atoms with van der Waals surface area (Å²) >= 11 is 0. The van der Waals surface area contributed by atoms with E-state index in [1.165, 1.54) is 12.0 Å². The van der Waals surface area contributed by atoms with Gasteiger partial charge in [0.15, 0.2) is 5.82 Å². The number of benzene rings is 1. The maximum absolute atomic E-state index is 12.4. The zero-order valence-corrected chi connectivity index (χ0v) is 24.5. The fourth-order valence-corrected chi connectivity index (χ4v) is 5.94. The average Bonchev–Trinajstić information content (AvgIpc) is 3.58. The molecule has 6 rings (SSSR count). The Kier molecular flexibility index (Phi) is 7.50. The van der Waals surface area contributed by atoms with E-state index in [0.29, 0.717) is 43.5 Å². The van der Waals surface area contributed by atoms with Crippen LogP contribution < -0.4 is 20.4 Å². The summed E-state index contributed by atoms with van der Waals surface area (Å²) in [5.74, 6) is 4.06. The van der Waals surface area contributed by atoms with Gasteiger partial charge in [0.25, 0.3) is 0 Å². The number of hydrogen-bond acceptors (Lipinski definition) is 8. The van der Waals surface area contributed by atoms with E-state index in [1.807, 2.05) is 43.5 Å². The topological polar surface area (TPSA) is 108 Å². The molecule has 2 aromatic heterocycles. The van der Waals surface area contributed by atoms with Crippen LogP contribution in [0.1, 0.15) is 50.7 Å². The van der Waals surface area contributed by atoms with E-state index in [4.69, 9.17) is 14.7 Å². The third-order valence-electron chi connectivity index (χ3n) is 8.67. The number of carbonyl (C=O) groups is 1. The van der Waals surface area contributed by atoms with Gasteiger partial charge in [-0.3, -0.25) is 0 Å². The number of aromatic nitrogens is 4. The SMILES string of the molecule is Cc1nccc(N2CCc3c(nc(-c4ccc(NC(=O)NCCC5CC5(C)C)cc4)nc3N3CCOCC3C)C2)n1. The maximum atomic E-state index is 12.4. The van der Waals surface area contributed by atoms with Crippen molar-refractivity contribution >= 4 is 23.4 Å². The first kappa shape index (κ1) is 27.4. The molecule has 0 radical (unpaired) electrons. The summed E-state index contributed by atoms with van der Waals surface area (Å²) < 4.78 is 5.72. The van der Waals surface area contributed by atoms with Crippen LogP contribution >= 0.6 is 0 Å². The summed E-state index contributed by atoms with van der Waals surface area (Å²) in [6.45, 7) is 13.0. The van der Waals surface area contributed by atoms with Crippen LogP contribution in [0.4, 0.5) is 22.1 Å². The van der Waals surface area contributed by atoms with E-state index in [9.17, 15) is 4.79 Å². The first-order chi connectivity index (χ1) is 19.8. The average molecular weight is 557 g/mol. The Labute approximate surface area is 242 Å². The fourth-order valence-electron chi connectivity index (χ4n) is 5.94. The van der Waals surface area contributed by atoms with Gasteiger partial charge in [-0.05, 0) is 74.8 Å². The molecule has 41 heavy (non-hydrogen) atoms. The van der Waals surface area contributed by atoms with Gasteiger partial charge in [0.2, 0.25) is 0 Å². The molecule has 0 bridgehead atoms. The smallest absolute Gasteiger partial charge is 0.319 e. The molecule has 2 unspecified atom stereocenters. The molecular weight excluding hydrogens is 516 g/mol. The highest BCUT2D eigenvalue weighted by Gasteiger charge is 2.44. The third-order valence-corrected chi connectivity index (χ3v) is 8.67. The predicted octanol–water partition coefficient (Wildman–Crippen LogP) is 4.59. The minimum absolute atomic E-state index is 0.176. The number of anilines is 3. The van der Waals surface area contributed by atoms with Gasteiger partial charge >= 0.3 is 6.03 Å². The minimum atomic E-state index is -0.176. The van der Waals surface area contributed by atoms with Gasteiger partial charge in [-0.2, -0.15) is 0 Å². The second-order valence-corrected chi connectivity index (χ2v) is 12.2. The van der Waals surface area contributed by atoms with Gasteiger partial charge in [-0.1, -0.05) is 13.8 Å². The molecule has 3 aromatic rings. The number of aryl methyl sites for hydroxylation is 1. The summed E-state index contributed by atoms with van der Waals surface area (Å²) in [5, 5.41) is 5.94. The number of rotatable bonds is 7. The summed E-state index contributed by atoms with van der Waals surface area (Å²) in [7, 11) is 0. The lowest BCUT2D eigenvalue weighted by molar-refractivity contribution is 0.0984. The lowest BCUT2D eigenvalue weighted by atomic mass is 10.0. The number of nitrogens with zero attached hydrogens (tertiary/aromatic N) is 6. The number of fused-ring (bicyclic) bond motifs is 1. The van der Waals surface area contributed by atoms with Gasteiger partial charge in [0, 0.05) is 42.6 Å². The fraction of sp³-hybridized carbons (Fsp3) is 0.516. The quantitative estimate of drug-likeness (QED) is 0.435. The van der Waals surface area contributed by atoms with E-state index in [1.54, 1.807) is 0 Å². The molecule has 10 nitrogen and oxygen atoms in total. The Balaban J connectivity index is 1.21. The molecule has 2 atom stereocenters. The highest BCUT2D eigenvalue weighted by Crippen LogP contribution is 2.53. The first-order valence-electron chi connectivity index (χ1n) is 14.7. The molecule has 2 N–H and O–H groups in total. The van der Waals surface area contributed by atoms with Crippen LogP contribution in [0.2, 0.25) is 0 Å². The summed E-state index contributed by atoms with van der Waals surface area (Å²) in [5.41, 5.74) is 4.30. The van der Waals surface area contributed by atoms with Crippen LogP contribution in [0, 0.1) is 18.3 Å². The van der Waals surface area contributed by atoms with Crippen LogP contribution in [-0.4, -0.2) is 64.9 Å². The zero-order valence-electron chi connectivity index (χ0n) is 24.5. The van der Waals surface area contributed by atoms with Crippen molar-refractivity contribution in [3.63, 3.8) is 0 Å². The molecular formula is C31H40N8O2. The molecule has 1 saturated carbocycles. The van der Waals surface area contributed by atoms with Crippen molar-refractivity contribution in [2.24, 2.45) is 11.3 Å². The van der Waals surface area contributed by atoms with E-state index in [-0.39, 0.29) is 12.1 Å². The summed E-state index contributed by atoms with van der Waals surface area (Å²) in [4.78, 5) is 36.2. The van der Waals surface area contributed by atoms with Crippen molar-refractivity contribution < 1.29 is 9.53 Å². The van der Waals surface area contributed by atoms with Crippen molar-refractivity contribution in [2.45, 2.75) is 59.5 Å². The number of urea groups is 1. The standard InChI is InChI=1S/C31H40N8O2/c1-20-19-41-16-15-39(20)29-25-11-14-38(27-10-13-32-21(2)34-27)18-26(25)36-28(37-29)22-5-7-24(8-6-22)35-30(40)33-12-9-23-17-31(23,3)4/h5-8,10,13,20,23H,9,11-12,14-19H2,1-4H3,(H2,33,35,40). The number of nitrogens with one attached hydrogen (secondary N) is 2. The maximum Gasteiger partial charge on any atom is 0.319 e. The van der Waals surface area contributed by atoms with Gasteiger partial charge in [0.05, 0.1) is 31.5 Å². The molecule has 216 valence electrons. The molecule has 1 aromatic carbocycles. The van der Waals surface area contributed by atoms with Crippen LogP contribution in [0.5, 0.6) is 0 Å². The Morgan fingerprint density at radius 2 is 1.93 bits per heavy atom. The highest BCUT2D eigenvalue weighted by atomic mass is 16.5. The number of carbonyl (C=O) groups excluding carboxylic acids is 1. The van der Waals surface area contributed by atoms with Gasteiger partial charge in [0.1, 0.15) is 17.5 Å². The van der Waals surface area contributed by atoms with E-state index in [2.05, 4.69) is 51.2 Å². The van der Waals surface area contributed by atoms with Gasteiger partial charge in [-0.15, -0.1) is 0 Å². The van der Waals surface area contributed by atoms with Crippen molar-refractivity contribution in [1.29, 1.82) is 0 Å². The molecule has 4 heterocycles. The van der Waals surface area contributed by atoms with E-state index < -0.39 is 0 Å². The van der Waals surface area contributed by atoms with Crippen LogP contribution in [0.25, 0.3) is 11.4 Å². The largest absolute Gasteiger partial charge is 0.377 e. The Morgan fingerprint density at radius 1 is 1.12 bits per heavy atom. The minimum Gasteiger partial charge on any atom is -0.377 e. The van der Waals surface area contributed by atoms with Gasteiger partial charge in [-0.25, -0.2) is 24.7 Å². The predicted molar refractivity (Wildman–Crippen MR) is 160 cm³/mol. The summed E-state index contributed by atoms with van der Waals surface area (Å²) in [6.07, 6.45) is 4.91. The second kappa shape index (κ2) is 11.2. The van der Waals surface area contributed by atoms with Crippen molar-refractivity contribution in [3.05, 3.63) is 53.6 Å². The van der Waals surface area contributed by atoms with Crippen LogP contribution in [0.15, 0.2) is 36.5 Å². The van der Waals surface area contributed by atoms with Gasteiger partial charge < -0.3 is 25.2 Å². The monoisotopic (exact) mass is 556 g/mol. The second-order valence-electron chi connectivity index (χ2n) is 12.2. The van der Waals surface area contributed by atoms with E-state index >= 15 is 0 Å². The molecule has 3 aliphatic rings. The molecule has 0 spiro atoms. The third kappa shape index (κ3) is 6.12. The van der Waals surface area contributed by atoms with Crippen LogP contribution in [0.3, 0.4) is 0 Å². The van der Waals surface area contributed by atoms with Crippen LogP contribution in [-0.2, 0) is 17.7 Å². The summed E-state index contributed by atoms with van der Waals surface area (Å²) in [6, 6.07) is 9.79. The molecule has 2 aliphatic heterocycles. The first-order valence-corrected chi connectivity index (χ1v) is 14.7. The number of ether oxygens (including phenoxy) is 1. The Morgan fingerprint density at radius 3 is 2.66 bits per heavy atom. The lowest BCUT2D eigenvalue weighted by Gasteiger charge is -2.38. The molecule has 10 heteroatoms. The molecule has 2 amide bonds. The highest BCUT2D eigenvalue weighted by molar-refractivity contribution is 5.89. The molecule has 1 saturated heterocycles. The van der Waals surface area contributed by atoms with E-state index in [0.717, 1.165) is 60.3 Å². The van der Waals surface area contributed by atoms with Crippen molar-refractivity contribution in [3.8, 4) is 11.4 Å². The number of morpholine rings is 1. The Hall–Kier alpha value is -3.79. The van der Waals surface area contributed by atoms with Crippen molar-refractivity contribution in [1.82, 2.24) is 25.3 Å². The molecule has 2 fully saturated rings. The Bertz CT molecular complexity index is 1410. The lowest BCUT2D eigenvalue weighted by Crippen LogP contribution is -2.45. The normalized spacial score (nSPS) is 21.3. The number of hydrogen-bond donors (Lipinski definition) is 2. The molecule has 1 aliphatic carbocycles. The number of amides is 2. The zero-order chi connectivity index (χ0) is 28.6.